The monoisotopic (exact) mass is 275 g/mol. The Kier molecular flexibility index (Phi) is 2.94. The Balaban J connectivity index is 2.40. The van der Waals surface area contributed by atoms with Gasteiger partial charge in [0.2, 0.25) is 5.43 Å². The van der Waals surface area contributed by atoms with Gasteiger partial charge in [-0.2, -0.15) is 0 Å². The third-order valence-corrected chi connectivity index (χ3v) is 3.56. The molecule has 3 heterocycles. The van der Waals surface area contributed by atoms with Crippen molar-refractivity contribution in [3.8, 4) is 11.1 Å². The molecule has 0 bridgehead atoms. The number of fused-ring (bicyclic) bond motifs is 1. The molecule has 2 aromatic heterocycles. The molecule has 0 aliphatic carbocycles. The number of hydrogen-bond donors (Lipinski definition) is 1. The molecule has 104 valence electrons. The maximum Gasteiger partial charge on any atom is 0.341 e. The van der Waals surface area contributed by atoms with Gasteiger partial charge in [-0.15, -0.1) is 0 Å². The summed E-state index contributed by atoms with van der Waals surface area (Å²) in [7, 11) is 0. The number of carboxylic acids is 1. The van der Waals surface area contributed by atoms with Crippen LogP contribution in [0.3, 0.4) is 0 Å². The number of pyridine rings is 1. The summed E-state index contributed by atoms with van der Waals surface area (Å²) in [4.78, 5) is 23.9. The van der Waals surface area contributed by atoms with Crippen molar-refractivity contribution in [1.82, 2.24) is 4.57 Å². The van der Waals surface area contributed by atoms with Gasteiger partial charge in [-0.25, -0.2) is 4.79 Å². The maximum atomic E-state index is 12.5. The molecule has 0 saturated heterocycles. The van der Waals surface area contributed by atoms with Crippen LogP contribution in [0.5, 0.6) is 0 Å². The molecule has 0 amide bonds. The SMILES string of the molecule is Cc1c(-c2ccoc2)c(=O)c(C(=O)O)c2n1CCOC2. The van der Waals surface area contributed by atoms with E-state index in [1.165, 1.54) is 12.5 Å². The van der Waals surface area contributed by atoms with Crippen molar-refractivity contribution in [3.63, 3.8) is 0 Å². The van der Waals surface area contributed by atoms with Crippen molar-refractivity contribution in [2.75, 3.05) is 6.61 Å². The lowest BCUT2D eigenvalue weighted by atomic mass is 10.0. The minimum absolute atomic E-state index is 0.142. The lowest BCUT2D eigenvalue weighted by Gasteiger charge is -2.25. The van der Waals surface area contributed by atoms with Crippen LogP contribution in [0.15, 0.2) is 27.8 Å². The quantitative estimate of drug-likeness (QED) is 0.901. The number of furan rings is 1. The summed E-state index contributed by atoms with van der Waals surface area (Å²) in [5.74, 6) is -1.23. The van der Waals surface area contributed by atoms with Gasteiger partial charge in [-0.05, 0) is 13.0 Å². The molecule has 3 rings (SSSR count). The summed E-state index contributed by atoms with van der Waals surface area (Å²) in [6.45, 7) is 2.99. The number of aromatic nitrogens is 1. The first-order chi connectivity index (χ1) is 9.61. The first kappa shape index (κ1) is 12.7. The second-order valence-corrected chi connectivity index (χ2v) is 4.63. The van der Waals surface area contributed by atoms with Crippen molar-refractivity contribution >= 4 is 5.97 Å². The van der Waals surface area contributed by atoms with E-state index < -0.39 is 11.4 Å². The highest BCUT2D eigenvalue weighted by atomic mass is 16.5. The van der Waals surface area contributed by atoms with Crippen molar-refractivity contribution in [2.24, 2.45) is 0 Å². The topological polar surface area (TPSA) is 81.7 Å². The Morgan fingerprint density at radius 1 is 1.45 bits per heavy atom. The summed E-state index contributed by atoms with van der Waals surface area (Å²) in [5, 5.41) is 9.34. The van der Waals surface area contributed by atoms with Crippen molar-refractivity contribution in [3.05, 3.63) is 45.8 Å². The van der Waals surface area contributed by atoms with E-state index in [1.54, 1.807) is 6.07 Å². The summed E-state index contributed by atoms with van der Waals surface area (Å²) in [6, 6.07) is 1.65. The van der Waals surface area contributed by atoms with Crippen molar-refractivity contribution in [2.45, 2.75) is 20.1 Å². The number of aromatic carboxylic acids is 1. The molecule has 6 heteroatoms. The maximum absolute atomic E-state index is 12.5. The highest BCUT2D eigenvalue weighted by Gasteiger charge is 2.26. The Bertz CT molecular complexity index is 727. The van der Waals surface area contributed by atoms with E-state index >= 15 is 0 Å². The summed E-state index contributed by atoms with van der Waals surface area (Å²) in [6.07, 6.45) is 2.91. The molecule has 1 aliphatic heterocycles. The van der Waals surface area contributed by atoms with Crippen LogP contribution in [0, 0.1) is 6.92 Å². The first-order valence-corrected chi connectivity index (χ1v) is 6.21. The largest absolute Gasteiger partial charge is 0.477 e. The van der Waals surface area contributed by atoms with Gasteiger partial charge in [0.05, 0.1) is 37.0 Å². The Morgan fingerprint density at radius 2 is 2.25 bits per heavy atom. The van der Waals surface area contributed by atoms with Crippen LogP contribution in [0.4, 0.5) is 0 Å². The van der Waals surface area contributed by atoms with Crippen LogP contribution in [-0.4, -0.2) is 22.2 Å². The van der Waals surface area contributed by atoms with Gasteiger partial charge in [0.1, 0.15) is 5.56 Å². The van der Waals surface area contributed by atoms with Gasteiger partial charge in [-0.1, -0.05) is 0 Å². The highest BCUT2D eigenvalue weighted by Crippen LogP contribution is 2.25. The number of carboxylic acid groups (broad SMARTS) is 1. The molecule has 0 atom stereocenters. The highest BCUT2D eigenvalue weighted by molar-refractivity contribution is 5.91. The van der Waals surface area contributed by atoms with E-state index in [0.29, 0.717) is 30.0 Å². The van der Waals surface area contributed by atoms with Crippen LogP contribution >= 0.6 is 0 Å². The molecule has 0 saturated carbocycles. The van der Waals surface area contributed by atoms with Crippen LogP contribution in [0.2, 0.25) is 0 Å². The zero-order valence-electron chi connectivity index (χ0n) is 10.9. The van der Waals surface area contributed by atoms with E-state index in [0.717, 1.165) is 5.69 Å². The lowest BCUT2D eigenvalue weighted by Crippen LogP contribution is -2.31. The molecule has 2 aromatic rings. The molecular formula is C14H13NO5. The zero-order chi connectivity index (χ0) is 14.3. The van der Waals surface area contributed by atoms with E-state index in [2.05, 4.69) is 0 Å². The predicted molar refractivity (Wildman–Crippen MR) is 69.8 cm³/mol. The van der Waals surface area contributed by atoms with Crippen molar-refractivity contribution < 1.29 is 19.1 Å². The fourth-order valence-corrected chi connectivity index (χ4v) is 2.64. The zero-order valence-corrected chi connectivity index (χ0v) is 10.9. The number of hydrogen-bond acceptors (Lipinski definition) is 4. The predicted octanol–water partition coefficient (Wildman–Crippen LogP) is 1.65. The summed E-state index contributed by atoms with van der Waals surface area (Å²) in [5.41, 5.74) is 1.43. The molecule has 0 unspecified atom stereocenters. The molecular weight excluding hydrogens is 262 g/mol. The van der Waals surface area contributed by atoms with Gasteiger partial charge < -0.3 is 18.8 Å². The molecule has 0 radical (unpaired) electrons. The van der Waals surface area contributed by atoms with E-state index in [9.17, 15) is 14.7 Å². The van der Waals surface area contributed by atoms with Crippen LogP contribution < -0.4 is 5.43 Å². The second-order valence-electron chi connectivity index (χ2n) is 4.63. The summed E-state index contributed by atoms with van der Waals surface area (Å²) >= 11 is 0. The number of nitrogens with zero attached hydrogens (tertiary/aromatic N) is 1. The average molecular weight is 275 g/mol. The average Bonchev–Trinajstić information content (AvgIpc) is 2.92. The second kappa shape index (κ2) is 4.64. The molecule has 1 aliphatic rings. The smallest absolute Gasteiger partial charge is 0.341 e. The Labute approximate surface area is 114 Å². The van der Waals surface area contributed by atoms with Gasteiger partial charge >= 0.3 is 5.97 Å². The Hall–Kier alpha value is -2.34. The van der Waals surface area contributed by atoms with Crippen LogP contribution in [-0.2, 0) is 17.9 Å². The standard InChI is InChI=1S/C14H13NO5/c1-8-11(9-2-4-19-6-9)13(16)12(14(17)18)10-7-20-5-3-15(8)10/h2,4,6H,3,5,7H2,1H3,(H,17,18). The molecule has 0 spiro atoms. The number of carbonyl (C=O) groups is 1. The molecule has 6 nitrogen and oxygen atoms in total. The molecule has 20 heavy (non-hydrogen) atoms. The summed E-state index contributed by atoms with van der Waals surface area (Å²) < 4.78 is 12.1. The first-order valence-electron chi connectivity index (χ1n) is 6.21. The normalized spacial score (nSPS) is 14.1. The lowest BCUT2D eigenvalue weighted by molar-refractivity contribution is 0.0648. The molecule has 1 N–H and O–H groups in total. The fraction of sp³-hybridized carbons (Fsp3) is 0.286. The third kappa shape index (κ3) is 1.77. The fourth-order valence-electron chi connectivity index (χ4n) is 2.64. The van der Waals surface area contributed by atoms with Crippen LogP contribution in [0.1, 0.15) is 21.7 Å². The Morgan fingerprint density at radius 3 is 2.90 bits per heavy atom. The van der Waals surface area contributed by atoms with E-state index in [-0.39, 0.29) is 12.2 Å². The van der Waals surface area contributed by atoms with Gasteiger partial charge in [0.15, 0.2) is 0 Å². The van der Waals surface area contributed by atoms with Gasteiger partial charge in [0.25, 0.3) is 0 Å². The van der Waals surface area contributed by atoms with Crippen LogP contribution in [0.25, 0.3) is 11.1 Å². The molecule has 0 fully saturated rings. The molecule has 0 aromatic carbocycles. The number of rotatable bonds is 2. The minimum atomic E-state index is -1.23. The third-order valence-electron chi connectivity index (χ3n) is 3.56. The van der Waals surface area contributed by atoms with E-state index in [4.69, 9.17) is 9.15 Å². The van der Waals surface area contributed by atoms with E-state index in [1.807, 2.05) is 11.5 Å². The number of ether oxygens (including phenoxy) is 1. The van der Waals surface area contributed by atoms with Gasteiger partial charge in [-0.3, -0.25) is 4.79 Å². The van der Waals surface area contributed by atoms with Crippen molar-refractivity contribution in [1.29, 1.82) is 0 Å². The van der Waals surface area contributed by atoms with Gasteiger partial charge in [0, 0.05) is 17.8 Å². The minimum Gasteiger partial charge on any atom is -0.477 e.